The minimum Gasteiger partial charge on any atom is -0.299 e. The molecule has 0 radical (unpaired) electrons. The fourth-order valence-electron chi connectivity index (χ4n) is 2.94. The number of hydrogen-bond acceptors (Lipinski definition) is 3. The van der Waals surface area contributed by atoms with Gasteiger partial charge in [0.2, 0.25) is 10.0 Å². The molecule has 0 spiro atoms. The van der Waals surface area contributed by atoms with E-state index in [-0.39, 0.29) is 4.90 Å². The summed E-state index contributed by atoms with van der Waals surface area (Å²) in [5.41, 5.74) is 3.27. The number of aromatic nitrogens is 2. The van der Waals surface area contributed by atoms with Crippen molar-refractivity contribution in [3.8, 4) is 28.3 Å². The number of halogens is 2. The van der Waals surface area contributed by atoms with E-state index in [0.717, 1.165) is 22.5 Å². The van der Waals surface area contributed by atoms with Crippen molar-refractivity contribution in [2.75, 3.05) is 0 Å². The number of rotatable bonds is 4. The molecule has 0 amide bonds. The summed E-state index contributed by atoms with van der Waals surface area (Å²) in [6.07, 6.45) is 1.89. The lowest BCUT2D eigenvalue weighted by molar-refractivity contribution is 0.598. The smallest absolute Gasteiger partial charge is 0.238 e. The van der Waals surface area contributed by atoms with E-state index in [0.29, 0.717) is 15.9 Å². The van der Waals surface area contributed by atoms with Crippen LogP contribution in [0.25, 0.3) is 28.3 Å². The predicted octanol–water partition coefficient (Wildman–Crippen LogP) is 5.16. The average molecular weight is 444 g/mol. The highest BCUT2D eigenvalue weighted by Crippen LogP contribution is 2.29. The molecule has 29 heavy (non-hydrogen) atoms. The first kappa shape index (κ1) is 19.7. The fraction of sp³-hybridized carbons (Fsp3) is 0. The van der Waals surface area contributed by atoms with Crippen LogP contribution in [0.5, 0.6) is 0 Å². The molecular formula is C21H15Cl2N3O2S. The van der Waals surface area contributed by atoms with Gasteiger partial charge in [-0.25, -0.2) is 18.5 Å². The molecule has 4 rings (SSSR count). The van der Waals surface area contributed by atoms with Gasteiger partial charge in [0.05, 0.1) is 10.6 Å². The van der Waals surface area contributed by atoms with Crippen LogP contribution in [-0.4, -0.2) is 18.0 Å². The molecule has 0 saturated carbocycles. The Morgan fingerprint density at radius 3 is 1.79 bits per heavy atom. The van der Waals surface area contributed by atoms with Crippen LogP contribution in [0, 0.1) is 0 Å². The van der Waals surface area contributed by atoms with Crippen LogP contribution in [-0.2, 0) is 10.0 Å². The van der Waals surface area contributed by atoms with Gasteiger partial charge in [-0.1, -0.05) is 35.3 Å². The van der Waals surface area contributed by atoms with E-state index in [4.69, 9.17) is 33.3 Å². The second-order valence-electron chi connectivity index (χ2n) is 6.37. The van der Waals surface area contributed by atoms with E-state index >= 15 is 0 Å². The van der Waals surface area contributed by atoms with Crippen molar-refractivity contribution in [2.24, 2.45) is 5.14 Å². The maximum absolute atomic E-state index is 11.6. The van der Waals surface area contributed by atoms with Crippen molar-refractivity contribution < 1.29 is 8.42 Å². The summed E-state index contributed by atoms with van der Waals surface area (Å²) in [7, 11) is -3.76. The van der Waals surface area contributed by atoms with E-state index in [1.54, 1.807) is 36.4 Å². The van der Waals surface area contributed by atoms with Gasteiger partial charge in [-0.15, -0.1) is 0 Å². The molecule has 2 N–H and O–H groups in total. The SMILES string of the molecule is NS(=O)(=O)c1ccc(-n2cc(-c3ccc(Cl)cc3)nc2-c2ccc(Cl)cc2)cc1. The van der Waals surface area contributed by atoms with Crippen molar-refractivity contribution in [3.05, 3.63) is 89.0 Å². The summed E-state index contributed by atoms with van der Waals surface area (Å²) < 4.78 is 25.0. The van der Waals surface area contributed by atoms with Gasteiger partial charge < -0.3 is 0 Å². The Hall–Kier alpha value is -2.64. The number of imidazole rings is 1. The molecule has 0 bridgehead atoms. The monoisotopic (exact) mass is 443 g/mol. The van der Waals surface area contributed by atoms with E-state index in [2.05, 4.69) is 0 Å². The number of primary sulfonamides is 1. The molecule has 0 atom stereocenters. The number of hydrogen-bond donors (Lipinski definition) is 1. The maximum Gasteiger partial charge on any atom is 0.238 e. The number of nitrogens with zero attached hydrogens (tertiary/aromatic N) is 2. The summed E-state index contributed by atoms with van der Waals surface area (Å²) in [6.45, 7) is 0. The maximum atomic E-state index is 11.6. The predicted molar refractivity (Wildman–Crippen MR) is 116 cm³/mol. The third-order valence-corrected chi connectivity index (χ3v) is 5.82. The molecule has 4 aromatic rings. The Bertz CT molecular complexity index is 1270. The van der Waals surface area contributed by atoms with E-state index < -0.39 is 10.0 Å². The fourth-order valence-corrected chi connectivity index (χ4v) is 3.70. The minimum absolute atomic E-state index is 0.0485. The molecule has 1 heterocycles. The van der Waals surface area contributed by atoms with Crippen molar-refractivity contribution in [1.82, 2.24) is 9.55 Å². The second kappa shape index (κ2) is 7.65. The summed E-state index contributed by atoms with van der Waals surface area (Å²) in [5, 5.41) is 6.47. The third kappa shape index (κ3) is 4.21. The highest BCUT2D eigenvalue weighted by atomic mass is 35.5. The van der Waals surface area contributed by atoms with Gasteiger partial charge in [0.1, 0.15) is 5.82 Å². The molecule has 0 aliphatic carbocycles. The molecule has 146 valence electrons. The molecule has 3 aromatic carbocycles. The Labute approximate surface area is 178 Å². The molecule has 0 saturated heterocycles. The first-order chi connectivity index (χ1) is 13.8. The topological polar surface area (TPSA) is 78.0 Å². The molecule has 1 aromatic heterocycles. The molecule has 0 unspecified atom stereocenters. The normalized spacial score (nSPS) is 11.6. The lowest BCUT2D eigenvalue weighted by atomic mass is 10.2. The molecule has 5 nitrogen and oxygen atoms in total. The Balaban J connectivity index is 1.86. The zero-order valence-corrected chi connectivity index (χ0v) is 17.3. The van der Waals surface area contributed by atoms with Crippen LogP contribution in [0.1, 0.15) is 0 Å². The van der Waals surface area contributed by atoms with Crippen LogP contribution < -0.4 is 5.14 Å². The Kier molecular flexibility index (Phi) is 5.19. The quantitative estimate of drug-likeness (QED) is 0.472. The highest BCUT2D eigenvalue weighted by Gasteiger charge is 2.14. The van der Waals surface area contributed by atoms with Gasteiger partial charge in [-0.3, -0.25) is 4.57 Å². The van der Waals surface area contributed by atoms with Crippen molar-refractivity contribution >= 4 is 33.2 Å². The van der Waals surface area contributed by atoms with Crippen LogP contribution in [0.3, 0.4) is 0 Å². The number of nitrogens with two attached hydrogens (primary N) is 1. The van der Waals surface area contributed by atoms with Gasteiger partial charge in [-0.05, 0) is 60.7 Å². The zero-order chi connectivity index (χ0) is 20.6. The zero-order valence-electron chi connectivity index (χ0n) is 15.0. The number of benzene rings is 3. The summed E-state index contributed by atoms with van der Waals surface area (Å²) in [4.78, 5) is 4.84. The minimum atomic E-state index is -3.76. The Morgan fingerprint density at radius 1 is 0.759 bits per heavy atom. The van der Waals surface area contributed by atoms with E-state index in [1.807, 2.05) is 35.0 Å². The number of sulfonamides is 1. The summed E-state index contributed by atoms with van der Waals surface area (Å²) in [5.74, 6) is 0.690. The van der Waals surface area contributed by atoms with E-state index in [9.17, 15) is 8.42 Å². The van der Waals surface area contributed by atoms with Crippen molar-refractivity contribution in [2.45, 2.75) is 4.90 Å². The largest absolute Gasteiger partial charge is 0.299 e. The van der Waals surface area contributed by atoms with Gasteiger partial charge in [0.15, 0.2) is 0 Å². The molecule has 0 aliphatic heterocycles. The Morgan fingerprint density at radius 2 is 1.28 bits per heavy atom. The third-order valence-electron chi connectivity index (χ3n) is 4.39. The summed E-state index contributed by atoms with van der Waals surface area (Å²) >= 11 is 12.0. The lowest BCUT2D eigenvalue weighted by Crippen LogP contribution is -2.12. The molecular weight excluding hydrogens is 429 g/mol. The van der Waals surface area contributed by atoms with Gasteiger partial charge in [-0.2, -0.15) is 0 Å². The lowest BCUT2D eigenvalue weighted by Gasteiger charge is -2.08. The average Bonchev–Trinajstić information content (AvgIpc) is 3.14. The van der Waals surface area contributed by atoms with Crippen molar-refractivity contribution in [3.63, 3.8) is 0 Å². The highest BCUT2D eigenvalue weighted by molar-refractivity contribution is 7.89. The second-order valence-corrected chi connectivity index (χ2v) is 8.81. The van der Waals surface area contributed by atoms with Crippen LogP contribution in [0.4, 0.5) is 0 Å². The van der Waals surface area contributed by atoms with Crippen molar-refractivity contribution in [1.29, 1.82) is 0 Å². The molecule has 0 aliphatic rings. The summed E-state index contributed by atoms with van der Waals surface area (Å²) in [6, 6.07) is 21.1. The van der Waals surface area contributed by atoms with E-state index in [1.165, 1.54) is 12.1 Å². The van der Waals surface area contributed by atoms with Crippen LogP contribution in [0.2, 0.25) is 10.0 Å². The van der Waals surface area contributed by atoms with Gasteiger partial charge in [0.25, 0.3) is 0 Å². The first-order valence-corrected chi connectivity index (χ1v) is 10.9. The molecule has 8 heteroatoms. The van der Waals surface area contributed by atoms with Crippen LogP contribution in [0.15, 0.2) is 83.9 Å². The van der Waals surface area contributed by atoms with Crippen LogP contribution >= 0.6 is 23.2 Å². The molecule has 0 fully saturated rings. The van der Waals surface area contributed by atoms with Gasteiger partial charge in [0, 0.05) is 33.1 Å². The standard InChI is InChI=1S/C21H15Cl2N3O2S/c22-16-5-1-14(2-6-16)20-13-26(18-9-11-19(12-10-18)29(24,27)28)21(25-20)15-3-7-17(23)8-4-15/h1-13H,(H2,24,27,28). The first-order valence-electron chi connectivity index (χ1n) is 8.56. The van der Waals surface area contributed by atoms with Gasteiger partial charge >= 0.3 is 0 Å².